The fourth-order valence-corrected chi connectivity index (χ4v) is 3.50. The molecular formula is C13H14ClN3S. The molecule has 2 heterocycles. The maximum atomic E-state index is 6.02. The van der Waals surface area contributed by atoms with Gasteiger partial charge < -0.3 is 0 Å². The van der Waals surface area contributed by atoms with Crippen molar-refractivity contribution < 1.29 is 0 Å². The average molecular weight is 280 g/mol. The standard InChI is InChI=1S/C13H14ClN3S/c1-8-12(11-5-6-15-17-11)18-13(16-8)9-3-2-4-10(14)7-9/h2-4,7,11,15,17H,5-6H2,1H3. The number of hydrogen-bond acceptors (Lipinski definition) is 4. The smallest absolute Gasteiger partial charge is 0.123 e. The van der Waals surface area contributed by atoms with Gasteiger partial charge in [0.2, 0.25) is 0 Å². The lowest BCUT2D eigenvalue weighted by Crippen LogP contribution is -2.24. The van der Waals surface area contributed by atoms with E-state index in [9.17, 15) is 0 Å². The van der Waals surface area contributed by atoms with E-state index in [2.05, 4.69) is 22.8 Å². The number of aryl methyl sites for hydroxylation is 1. The fourth-order valence-electron chi connectivity index (χ4n) is 2.16. The highest BCUT2D eigenvalue weighted by Crippen LogP contribution is 2.34. The van der Waals surface area contributed by atoms with Crippen LogP contribution in [0, 0.1) is 6.92 Å². The van der Waals surface area contributed by atoms with E-state index in [1.807, 2.05) is 24.3 Å². The molecule has 1 saturated heterocycles. The summed E-state index contributed by atoms with van der Waals surface area (Å²) in [6.45, 7) is 3.08. The normalized spacial score (nSPS) is 19.3. The molecule has 1 aromatic heterocycles. The number of nitrogens with one attached hydrogen (secondary N) is 2. The highest BCUT2D eigenvalue weighted by molar-refractivity contribution is 7.15. The van der Waals surface area contributed by atoms with E-state index >= 15 is 0 Å². The molecular weight excluding hydrogens is 266 g/mol. The number of hydrogen-bond donors (Lipinski definition) is 2. The first-order chi connectivity index (χ1) is 8.74. The Morgan fingerprint density at radius 3 is 3.06 bits per heavy atom. The van der Waals surface area contributed by atoms with Gasteiger partial charge in [-0.15, -0.1) is 11.3 Å². The van der Waals surface area contributed by atoms with Gasteiger partial charge in [0.1, 0.15) is 5.01 Å². The number of halogens is 1. The average Bonchev–Trinajstić information content (AvgIpc) is 2.97. The Balaban J connectivity index is 1.96. The summed E-state index contributed by atoms with van der Waals surface area (Å²) in [4.78, 5) is 5.97. The SMILES string of the molecule is Cc1nc(-c2cccc(Cl)c2)sc1C1CCNN1. The molecule has 0 amide bonds. The Hall–Kier alpha value is -0.940. The number of hydrazine groups is 1. The second-order valence-corrected chi connectivity index (χ2v) is 5.86. The Bertz CT molecular complexity index is 561. The molecule has 0 radical (unpaired) electrons. The van der Waals surface area contributed by atoms with E-state index in [1.165, 1.54) is 4.88 Å². The topological polar surface area (TPSA) is 37.0 Å². The molecule has 1 unspecified atom stereocenters. The lowest BCUT2D eigenvalue weighted by molar-refractivity contribution is 0.585. The van der Waals surface area contributed by atoms with Crippen LogP contribution in [0.3, 0.4) is 0 Å². The van der Waals surface area contributed by atoms with E-state index in [4.69, 9.17) is 11.6 Å². The number of rotatable bonds is 2. The summed E-state index contributed by atoms with van der Waals surface area (Å²) in [5.41, 5.74) is 8.65. The molecule has 2 N–H and O–H groups in total. The van der Waals surface area contributed by atoms with Crippen LogP contribution in [0.15, 0.2) is 24.3 Å². The van der Waals surface area contributed by atoms with E-state index in [-0.39, 0.29) is 0 Å². The number of aromatic nitrogens is 1. The van der Waals surface area contributed by atoms with E-state index in [0.717, 1.165) is 34.3 Å². The van der Waals surface area contributed by atoms with Crippen LogP contribution in [0.25, 0.3) is 10.6 Å². The molecule has 18 heavy (non-hydrogen) atoms. The molecule has 1 aliphatic heterocycles. The van der Waals surface area contributed by atoms with Gasteiger partial charge in [-0.1, -0.05) is 23.7 Å². The minimum Gasteiger partial charge on any atom is -0.257 e. The Labute approximate surface area is 115 Å². The molecule has 0 bridgehead atoms. The summed E-state index contributed by atoms with van der Waals surface area (Å²) in [7, 11) is 0. The van der Waals surface area contributed by atoms with Gasteiger partial charge in [0.25, 0.3) is 0 Å². The molecule has 3 nitrogen and oxygen atoms in total. The number of nitrogens with zero attached hydrogens (tertiary/aromatic N) is 1. The Morgan fingerprint density at radius 2 is 2.33 bits per heavy atom. The van der Waals surface area contributed by atoms with Gasteiger partial charge in [0.05, 0.1) is 11.7 Å². The largest absolute Gasteiger partial charge is 0.257 e. The van der Waals surface area contributed by atoms with Crippen LogP contribution in [-0.4, -0.2) is 11.5 Å². The van der Waals surface area contributed by atoms with Crippen molar-refractivity contribution in [1.29, 1.82) is 0 Å². The van der Waals surface area contributed by atoms with Crippen molar-refractivity contribution in [2.45, 2.75) is 19.4 Å². The van der Waals surface area contributed by atoms with Gasteiger partial charge in [0, 0.05) is 22.0 Å². The summed E-state index contributed by atoms with van der Waals surface area (Å²) >= 11 is 7.77. The molecule has 1 fully saturated rings. The zero-order valence-electron chi connectivity index (χ0n) is 10.0. The van der Waals surface area contributed by atoms with Crippen molar-refractivity contribution in [3.63, 3.8) is 0 Å². The molecule has 94 valence electrons. The predicted octanol–water partition coefficient (Wildman–Crippen LogP) is 3.31. The third-order valence-electron chi connectivity index (χ3n) is 3.05. The highest BCUT2D eigenvalue weighted by atomic mass is 35.5. The number of thiazole rings is 1. The van der Waals surface area contributed by atoms with Gasteiger partial charge in [-0.05, 0) is 25.5 Å². The van der Waals surface area contributed by atoms with Crippen LogP contribution < -0.4 is 10.9 Å². The number of benzene rings is 1. The first-order valence-corrected chi connectivity index (χ1v) is 7.15. The lowest BCUT2D eigenvalue weighted by atomic mass is 10.2. The van der Waals surface area contributed by atoms with Crippen molar-refractivity contribution in [2.24, 2.45) is 0 Å². The summed E-state index contributed by atoms with van der Waals surface area (Å²) in [5.74, 6) is 0. The van der Waals surface area contributed by atoms with Gasteiger partial charge in [-0.3, -0.25) is 5.43 Å². The summed E-state index contributed by atoms with van der Waals surface area (Å²) in [6, 6.07) is 8.24. The van der Waals surface area contributed by atoms with E-state index in [1.54, 1.807) is 11.3 Å². The van der Waals surface area contributed by atoms with Crippen molar-refractivity contribution in [3.05, 3.63) is 39.9 Å². The van der Waals surface area contributed by atoms with Gasteiger partial charge in [0.15, 0.2) is 0 Å². The second-order valence-electron chi connectivity index (χ2n) is 4.39. The molecule has 1 atom stereocenters. The summed E-state index contributed by atoms with van der Waals surface area (Å²) in [6.07, 6.45) is 1.11. The molecule has 1 aromatic carbocycles. The first kappa shape index (κ1) is 12.1. The molecule has 2 aromatic rings. The highest BCUT2D eigenvalue weighted by Gasteiger charge is 2.21. The van der Waals surface area contributed by atoms with Crippen LogP contribution in [0.2, 0.25) is 5.02 Å². The van der Waals surface area contributed by atoms with Crippen molar-refractivity contribution >= 4 is 22.9 Å². The summed E-state index contributed by atoms with van der Waals surface area (Å²) in [5, 5.41) is 1.79. The molecule has 0 aliphatic carbocycles. The fraction of sp³-hybridized carbons (Fsp3) is 0.308. The predicted molar refractivity (Wildman–Crippen MR) is 75.8 cm³/mol. The van der Waals surface area contributed by atoms with Crippen LogP contribution in [-0.2, 0) is 0 Å². The van der Waals surface area contributed by atoms with Crippen LogP contribution in [0.5, 0.6) is 0 Å². The first-order valence-electron chi connectivity index (χ1n) is 5.95. The monoisotopic (exact) mass is 279 g/mol. The minimum atomic E-state index is 0.385. The van der Waals surface area contributed by atoms with Crippen molar-refractivity contribution in [2.75, 3.05) is 6.54 Å². The van der Waals surface area contributed by atoms with Gasteiger partial charge >= 0.3 is 0 Å². The van der Waals surface area contributed by atoms with E-state index < -0.39 is 0 Å². The summed E-state index contributed by atoms with van der Waals surface area (Å²) < 4.78 is 0. The van der Waals surface area contributed by atoms with Crippen molar-refractivity contribution in [1.82, 2.24) is 15.8 Å². The van der Waals surface area contributed by atoms with Gasteiger partial charge in [-0.2, -0.15) is 0 Å². The molecule has 3 rings (SSSR count). The maximum absolute atomic E-state index is 6.02. The minimum absolute atomic E-state index is 0.385. The van der Waals surface area contributed by atoms with Crippen LogP contribution in [0.1, 0.15) is 23.0 Å². The zero-order chi connectivity index (χ0) is 12.5. The Morgan fingerprint density at radius 1 is 1.44 bits per heavy atom. The molecule has 1 aliphatic rings. The zero-order valence-corrected chi connectivity index (χ0v) is 11.6. The van der Waals surface area contributed by atoms with E-state index in [0.29, 0.717) is 6.04 Å². The molecule has 0 saturated carbocycles. The van der Waals surface area contributed by atoms with Gasteiger partial charge in [-0.25, -0.2) is 10.4 Å². The van der Waals surface area contributed by atoms with Crippen molar-refractivity contribution in [3.8, 4) is 10.6 Å². The maximum Gasteiger partial charge on any atom is 0.123 e. The molecule has 5 heteroatoms. The van der Waals surface area contributed by atoms with Crippen LogP contribution in [0.4, 0.5) is 0 Å². The Kier molecular flexibility index (Phi) is 3.35. The second kappa shape index (κ2) is 4.97. The third kappa shape index (κ3) is 2.29. The quantitative estimate of drug-likeness (QED) is 0.886. The lowest BCUT2D eigenvalue weighted by Gasteiger charge is -2.06. The molecule has 0 spiro atoms. The third-order valence-corrected chi connectivity index (χ3v) is 4.61. The van der Waals surface area contributed by atoms with Crippen LogP contribution >= 0.6 is 22.9 Å².